The van der Waals surface area contributed by atoms with E-state index in [1.54, 1.807) is 14.0 Å². The number of anilines is 1. The summed E-state index contributed by atoms with van der Waals surface area (Å²) >= 11 is 0. The molecule has 1 heterocycles. The first-order valence-corrected chi connectivity index (χ1v) is 8.64. The lowest BCUT2D eigenvalue weighted by Gasteiger charge is -2.28. The minimum absolute atomic E-state index is 0.0118. The summed E-state index contributed by atoms with van der Waals surface area (Å²) in [7, 11) is -1.90. The fourth-order valence-corrected chi connectivity index (χ4v) is 4.60. The zero-order chi connectivity index (χ0) is 14.9. The third kappa shape index (κ3) is 2.98. The summed E-state index contributed by atoms with van der Waals surface area (Å²) < 4.78 is 29.3. The van der Waals surface area contributed by atoms with Gasteiger partial charge in [-0.05, 0) is 25.7 Å². The van der Waals surface area contributed by atoms with Crippen LogP contribution in [0, 0.1) is 12.8 Å². The predicted octanol–water partition coefficient (Wildman–Crippen LogP) is 1.56. The van der Waals surface area contributed by atoms with Gasteiger partial charge in [-0.1, -0.05) is 26.2 Å². The predicted molar refractivity (Wildman–Crippen MR) is 78.7 cm³/mol. The maximum atomic E-state index is 12.5. The molecule has 1 saturated carbocycles. The molecule has 2 unspecified atom stereocenters. The van der Waals surface area contributed by atoms with Crippen molar-refractivity contribution in [3.63, 3.8) is 0 Å². The fourth-order valence-electron chi connectivity index (χ4n) is 2.99. The molecule has 0 bridgehead atoms. The molecule has 1 aromatic rings. The van der Waals surface area contributed by atoms with E-state index in [-0.39, 0.29) is 16.8 Å². The average molecular weight is 300 g/mol. The van der Waals surface area contributed by atoms with Crippen LogP contribution in [-0.4, -0.2) is 24.2 Å². The molecule has 0 saturated heterocycles. The van der Waals surface area contributed by atoms with Gasteiger partial charge in [0.2, 0.25) is 10.0 Å². The zero-order valence-electron chi connectivity index (χ0n) is 12.4. The highest BCUT2D eigenvalue weighted by molar-refractivity contribution is 7.89. The standard InChI is InChI=1S/C13H24N4O2S/c1-4-10-6-5-7-11(8-10)16-20(18,19)12-9(2)17(3)15-13(12)14/h10-11,16H,4-8H2,1-3H3,(H2,14,15). The minimum Gasteiger partial charge on any atom is -0.381 e. The molecule has 6 nitrogen and oxygen atoms in total. The maximum Gasteiger partial charge on any atom is 0.246 e. The van der Waals surface area contributed by atoms with Crippen molar-refractivity contribution in [1.82, 2.24) is 14.5 Å². The van der Waals surface area contributed by atoms with Gasteiger partial charge < -0.3 is 5.73 Å². The molecule has 1 aliphatic rings. The Hall–Kier alpha value is -1.08. The van der Waals surface area contributed by atoms with E-state index in [9.17, 15) is 8.42 Å². The number of sulfonamides is 1. The van der Waals surface area contributed by atoms with Gasteiger partial charge in [0.05, 0.1) is 5.69 Å². The summed E-state index contributed by atoms with van der Waals surface area (Å²) in [5, 5.41) is 3.98. The van der Waals surface area contributed by atoms with Crippen LogP contribution < -0.4 is 10.5 Å². The van der Waals surface area contributed by atoms with Crippen LogP contribution in [-0.2, 0) is 17.1 Å². The number of hydrogen-bond acceptors (Lipinski definition) is 4. The van der Waals surface area contributed by atoms with Crippen molar-refractivity contribution in [3.8, 4) is 0 Å². The Morgan fingerprint density at radius 1 is 1.45 bits per heavy atom. The van der Waals surface area contributed by atoms with Gasteiger partial charge in [-0.3, -0.25) is 4.68 Å². The van der Waals surface area contributed by atoms with Crippen molar-refractivity contribution in [2.24, 2.45) is 13.0 Å². The van der Waals surface area contributed by atoms with Gasteiger partial charge in [0, 0.05) is 13.1 Å². The Morgan fingerprint density at radius 3 is 2.70 bits per heavy atom. The average Bonchev–Trinajstić information content (AvgIpc) is 2.63. The topological polar surface area (TPSA) is 90.0 Å². The van der Waals surface area contributed by atoms with Crippen LogP contribution in [0.2, 0.25) is 0 Å². The number of rotatable bonds is 4. The fraction of sp³-hybridized carbons (Fsp3) is 0.769. The van der Waals surface area contributed by atoms with E-state index in [0.717, 1.165) is 25.7 Å². The summed E-state index contributed by atoms with van der Waals surface area (Å²) in [6, 6.07) is 0.0118. The molecular formula is C13H24N4O2S. The van der Waals surface area contributed by atoms with E-state index in [0.29, 0.717) is 11.6 Å². The third-order valence-corrected chi connectivity index (χ3v) is 5.94. The highest BCUT2D eigenvalue weighted by atomic mass is 32.2. The monoisotopic (exact) mass is 300 g/mol. The first-order valence-electron chi connectivity index (χ1n) is 7.16. The van der Waals surface area contributed by atoms with E-state index in [1.807, 2.05) is 0 Å². The largest absolute Gasteiger partial charge is 0.381 e. The van der Waals surface area contributed by atoms with Gasteiger partial charge in [-0.15, -0.1) is 0 Å². The summed E-state index contributed by atoms with van der Waals surface area (Å²) in [5.41, 5.74) is 6.30. The number of aryl methyl sites for hydroxylation is 1. The van der Waals surface area contributed by atoms with Crippen LogP contribution in [0.25, 0.3) is 0 Å². The Morgan fingerprint density at radius 2 is 2.15 bits per heavy atom. The first-order chi connectivity index (χ1) is 9.35. The molecule has 0 aliphatic heterocycles. The summed E-state index contributed by atoms with van der Waals surface area (Å²) in [5.74, 6) is 0.684. The second-order valence-electron chi connectivity index (χ2n) is 5.68. The number of nitrogens with one attached hydrogen (secondary N) is 1. The number of nitrogen functional groups attached to an aromatic ring is 1. The smallest absolute Gasteiger partial charge is 0.246 e. The quantitative estimate of drug-likeness (QED) is 0.883. The highest BCUT2D eigenvalue weighted by Crippen LogP contribution is 2.28. The summed E-state index contributed by atoms with van der Waals surface area (Å²) in [6.45, 7) is 3.87. The van der Waals surface area contributed by atoms with Gasteiger partial charge in [0.15, 0.2) is 5.82 Å². The van der Waals surface area contributed by atoms with E-state index in [1.165, 1.54) is 11.1 Å². The van der Waals surface area contributed by atoms with E-state index < -0.39 is 10.0 Å². The second-order valence-corrected chi connectivity index (χ2v) is 7.33. The van der Waals surface area contributed by atoms with E-state index >= 15 is 0 Å². The second kappa shape index (κ2) is 5.73. The van der Waals surface area contributed by atoms with Crippen molar-refractivity contribution in [2.45, 2.75) is 56.9 Å². The van der Waals surface area contributed by atoms with Gasteiger partial charge in [0.1, 0.15) is 4.90 Å². The normalized spacial score (nSPS) is 23.9. The minimum atomic E-state index is -3.59. The SMILES string of the molecule is CCC1CCCC(NS(=O)(=O)c2c(N)nn(C)c2C)C1. The van der Waals surface area contributed by atoms with Crippen molar-refractivity contribution in [2.75, 3.05) is 5.73 Å². The van der Waals surface area contributed by atoms with Gasteiger partial charge in [0.25, 0.3) is 0 Å². The number of hydrogen-bond donors (Lipinski definition) is 2. The lowest BCUT2D eigenvalue weighted by atomic mass is 9.85. The van der Waals surface area contributed by atoms with Crippen molar-refractivity contribution in [3.05, 3.63) is 5.69 Å². The molecule has 1 fully saturated rings. The van der Waals surface area contributed by atoms with Gasteiger partial charge in [-0.2, -0.15) is 5.10 Å². The van der Waals surface area contributed by atoms with Crippen LogP contribution in [0.5, 0.6) is 0 Å². The van der Waals surface area contributed by atoms with Crippen LogP contribution >= 0.6 is 0 Å². The van der Waals surface area contributed by atoms with Crippen molar-refractivity contribution >= 4 is 15.8 Å². The number of nitrogens with zero attached hydrogens (tertiary/aromatic N) is 2. The molecule has 2 atom stereocenters. The molecule has 20 heavy (non-hydrogen) atoms. The molecule has 0 aromatic carbocycles. The summed E-state index contributed by atoms with van der Waals surface area (Å²) in [6.07, 6.45) is 5.19. The molecule has 1 aliphatic carbocycles. The molecule has 114 valence electrons. The van der Waals surface area contributed by atoms with Crippen LogP contribution in [0.15, 0.2) is 4.90 Å². The lowest BCUT2D eigenvalue weighted by Crippen LogP contribution is -2.38. The Balaban J connectivity index is 2.19. The first kappa shape index (κ1) is 15.3. The van der Waals surface area contributed by atoms with Crippen LogP contribution in [0.1, 0.15) is 44.7 Å². The molecule has 1 aromatic heterocycles. The van der Waals surface area contributed by atoms with Gasteiger partial charge >= 0.3 is 0 Å². The Bertz CT molecular complexity index is 579. The molecular weight excluding hydrogens is 276 g/mol. The number of nitrogens with two attached hydrogens (primary N) is 1. The van der Waals surface area contributed by atoms with Crippen LogP contribution in [0.4, 0.5) is 5.82 Å². The van der Waals surface area contributed by atoms with E-state index in [2.05, 4.69) is 16.7 Å². The third-order valence-electron chi connectivity index (χ3n) is 4.26. The maximum absolute atomic E-state index is 12.5. The Kier molecular flexibility index (Phi) is 4.39. The van der Waals surface area contributed by atoms with Crippen molar-refractivity contribution < 1.29 is 8.42 Å². The number of aromatic nitrogens is 2. The molecule has 0 amide bonds. The van der Waals surface area contributed by atoms with Gasteiger partial charge in [-0.25, -0.2) is 13.1 Å². The lowest BCUT2D eigenvalue weighted by molar-refractivity contribution is 0.301. The molecule has 7 heteroatoms. The molecule has 0 radical (unpaired) electrons. The summed E-state index contributed by atoms with van der Waals surface area (Å²) in [4.78, 5) is 0.124. The van der Waals surface area contributed by atoms with Crippen molar-refractivity contribution in [1.29, 1.82) is 0 Å². The zero-order valence-corrected chi connectivity index (χ0v) is 13.2. The van der Waals surface area contributed by atoms with E-state index in [4.69, 9.17) is 5.73 Å². The Labute approximate surface area is 120 Å². The van der Waals surface area contributed by atoms with Crippen LogP contribution in [0.3, 0.4) is 0 Å². The molecule has 2 rings (SSSR count). The molecule has 0 spiro atoms. The highest BCUT2D eigenvalue weighted by Gasteiger charge is 2.29. The molecule has 3 N–H and O–H groups in total.